The van der Waals surface area contributed by atoms with E-state index in [1.165, 1.54) is 0 Å². The molecule has 0 spiro atoms. The first-order valence-corrected chi connectivity index (χ1v) is 13.3. The van der Waals surface area contributed by atoms with Crippen LogP contribution in [0.3, 0.4) is 0 Å². The molecule has 1 aliphatic heterocycles. The summed E-state index contributed by atoms with van der Waals surface area (Å²) in [4.78, 5) is 27.6. The van der Waals surface area contributed by atoms with Crippen LogP contribution < -0.4 is 15.8 Å². The van der Waals surface area contributed by atoms with Crippen molar-refractivity contribution in [2.45, 2.75) is 58.5 Å². The predicted octanol–water partition coefficient (Wildman–Crippen LogP) is 4.72. The lowest BCUT2D eigenvalue weighted by molar-refractivity contribution is 0.0169. The van der Waals surface area contributed by atoms with Gasteiger partial charge in [0.15, 0.2) is 5.78 Å². The molecule has 3 rings (SSSR count). The van der Waals surface area contributed by atoms with E-state index in [1.807, 2.05) is 32.3 Å². The van der Waals surface area contributed by atoms with Crippen LogP contribution in [0.25, 0.3) is 12.8 Å². The van der Waals surface area contributed by atoms with Gasteiger partial charge in [-0.3, -0.25) is 9.59 Å². The van der Waals surface area contributed by atoms with Gasteiger partial charge in [0.2, 0.25) is 0 Å². The molecule has 1 heterocycles. The number of Topliss-reactive ketones (excluding diaryl/α,β-unsaturated/α-hetero) is 1. The molecule has 1 aliphatic rings. The highest BCUT2D eigenvalue weighted by Gasteiger charge is 2.17. The van der Waals surface area contributed by atoms with E-state index in [1.54, 1.807) is 24.3 Å². The zero-order chi connectivity index (χ0) is 26.1. The number of aryl methyl sites for hydroxylation is 1. The van der Waals surface area contributed by atoms with Gasteiger partial charge in [0.25, 0.3) is 5.91 Å². The fourth-order valence-electron chi connectivity index (χ4n) is 4.66. The average molecular weight is 511 g/mol. The van der Waals surface area contributed by atoms with Crippen LogP contribution in [-0.4, -0.2) is 49.4 Å². The standard InChI is InChI=1S/C30H39ClN2O3/c1-5-23(9-14-29(34)24-10-12-26(31)13-11-24)19-33(4)20-25-17-28(22(3)16-21(25)2)30(35)32-18-27-8-6-7-15-36-27/h10-13,16-17,20,23,27H,2,5-9,14-15,18-19H2,1,3-4H3,(H,32,35)/b25-20-. The van der Waals surface area contributed by atoms with Gasteiger partial charge in [0, 0.05) is 55.5 Å². The lowest BCUT2D eigenvalue weighted by Crippen LogP contribution is -2.37. The van der Waals surface area contributed by atoms with Gasteiger partial charge in [-0.1, -0.05) is 37.6 Å². The monoisotopic (exact) mass is 510 g/mol. The Balaban J connectivity index is 1.62. The first-order valence-electron chi connectivity index (χ1n) is 13.0. The number of hydrogen-bond donors (Lipinski definition) is 1. The first kappa shape index (κ1) is 27.9. The number of carbonyl (C=O) groups excluding carboxylic acids is 2. The SMILES string of the molecule is C=c1cc(C)c(C(=O)NCC2CCCCO2)c/c1=C/N(C)CC(CC)CCC(=O)c1ccc(Cl)cc1. The largest absolute Gasteiger partial charge is 0.380 e. The molecule has 2 aromatic rings. The van der Waals surface area contributed by atoms with Gasteiger partial charge in [-0.05, 0) is 84.9 Å². The smallest absolute Gasteiger partial charge is 0.251 e. The van der Waals surface area contributed by atoms with Crippen molar-refractivity contribution in [1.82, 2.24) is 10.2 Å². The number of rotatable bonds is 11. The summed E-state index contributed by atoms with van der Waals surface area (Å²) < 4.78 is 5.74. The third kappa shape index (κ3) is 8.21. The van der Waals surface area contributed by atoms with Gasteiger partial charge < -0.3 is 15.0 Å². The topological polar surface area (TPSA) is 58.6 Å². The second-order valence-electron chi connectivity index (χ2n) is 9.88. The van der Waals surface area contributed by atoms with Crippen molar-refractivity contribution < 1.29 is 14.3 Å². The maximum Gasteiger partial charge on any atom is 0.251 e. The van der Waals surface area contributed by atoms with E-state index in [2.05, 4.69) is 23.7 Å². The second-order valence-corrected chi connectivity index (χ2v) is 10.3. The molecule has 1 fully saturated rings. The van der Waals surface area contributed by atoms with Crippen LogP contribution in [-0.2, 0) is 4.74 Å². The molecular formula is C30H39ClN2O3. The van der Waals surface area contributed by atoms with Crippen molar-refractivity contribution in [3.05, 3.63) is 68.5 Å². The van der Waals surface area contributed by atoms with E-state index >= 15 is 0 Å². The van der Waals surface area contributed by atoms with Crippen molar-refractivity contribution in [2.75, 3.05) is 26.7 Å². The Morgan fingerprint density at radius 3 is 2.67 bits per heavy atom. The van der Waals surface area contributed by atoms with Gasteiger partial charge in [-0.25, -0.2) is 0 Å². The van der Waals surface area contributed by atoms with Gasteiger partial charge in [-0.2, -0.15) is 0 Å². The number of nitrogens with zero attached hydrogens (tertiary/aromatic N) is 1. The third-order valence-electron chi connectivity index (χ3n) is 6.92. The molecule has 2 unspecified atom stereocenters. The maximum atomic E-state index is 12.9. The molecule has 36 heavy (non-hydrogen) atoms. The average Bonchev–Trinajstić information content (AvgIpc) is 2.87. The molecule has 6 heteroatoms. The second kappa shape index (κ2) is 13.6. The van der Waals surface area contributed by atoms with Crippen molar-refractivity contribution in [1.29, 1.82) is 0 Å². The van der Waals surface area contributed by atoms with E-state index in [9.17, 15) is 9.59 Å². The van der Waals surface area contributed by atoms with Gasteiger partial charge in [0.1, 0.15) is 0 Å². The van der Waals surface area contributed by atoms with Crippen LogP contribution in [0.15, 0.2) is 36.4 Å². The molecule has 2 aromatic carbocycles. The Kier molecular flexibility index (Phi) is 10.6. The number of ketones is 1. The highest BCUT2D eigenvalue weighted by molar-refractivity contribution is 6.30. The Hall–Kier alpha value is -2.63. The lowest BCUT2D eigenvalue weighted by Gasteiger charge is -2.23. The highest BCUT2D eigenvalue weighted by Crippen LogP contribution is 2.17. The van der Waals surface area contributed by atoms with Crippen LogP contribution in [0.5, 0.6) is 0 Å². The summed E-state index contributed by atoms with van der Waals surface area (Å²) in [6.45, 7) is 10.4. The van der Waals surface area contributed by atoms with Crippen LogP contribution in [0.2, 0.25) is 5.02 Å². The Bertz CT molecular complexity index is 1140. The zero-order valence-electron chi connectivity index (χ0n) is 21.8. The first-order chi connectivity index (χ1) is 17.3. The fraction of sp³-hybridized carbons (Fsp3) is 0.467. The Morgan fingerprint density at radius 1 is 1.25 bits per heavy atom. The van der Waals surface area contributed by atoms with Crippen LogP contribution >= 0.6 is 11.6 Å². The lowest BCUT2D eigenvalue weighted by atomic mass is 9.96. The van der Waals surface area contributed by atoms with Gasteiger partial charge >= 0.3 is 0 Å². The summed E-state index contributed by atoms with van der Waals surface area (Å²) in [5, 5.41) is 5.49. The summed E-state index contributed by atoms with van der Waals surface area (Å²) in [6, 6.07) is 11.0. The van der Waals surface area contributed by atoms with E-state index in [0.717, 1.165) is 61.3 Å². The zero-order valence-corrected chi connectivity index (χ0v) is 22.6. The molecule has 0 aromatic heterocycles. The van der Waals surface area contributed by atoms with Crippen molar-refractivity contribution >= 4 is 36.1 Å². The summed E-state index contributed by atoms with van der Waals surface area (Å²) in [6.07, 6.45) is 7.69. The Morgan fingerprint density at radius 2 is 2.00 bits per heavy atom. The molecule has 1 N–H and O–H groups in total. The maximum absolute atomic E-state index is 12.9. The Labute approximate surface area is 220 Å². The van der Waals surface area contributed by atoms with Gasteiger partial charge in [0.05, 0.1) is 6.10 Å². The summed E-state index contributed by atoms with van der Waals surface area (Å²) in [5.74, 6) is 0.440. The van der Waals surface area contributed by atoms with Gasteiger partial charge in [-0.15, -0.1) is 0 Å². The highest BCUT2D eigenvalue weighted by atomic mass is 35.5. The fourth-order valence-corrected chi connectivity index (χ4v) is 4.78. The van der Waals surface area contributed by atoms with E-state index < -0.39 is 0 Å². The molecule has 1 saturated heterocycles. The number of ether oxygens (including phenoxy) is 1. The number of hydrogen-bond acceptors (Lipinski definition) is 4. The van der Waals surface area contributed by atoms with Crippen molar-refractivity contribution in [3.63, 3.8) is 0 Å². The molecule has 2 atom stereocenters. The molecular weight excluding hydrogens is 472 g/mol. The molecule has 5 nitrogen and oxygen atoms in total. The van der Waals surface area contributed by atoms with Crippen molar-refractivity contribution in [2.24, 2.45) is 5.92 Å². The minimum absolute atomic E-state index is 0.0777. The van der Waals surface area contributed by atoms with Crippen LogP contribution in [0.4, 0.5) is 0 Å². The van der Waals surface area contributed by atoms with Crippen LogP contribution in [0, 0.1) is 12.8 Å². The quantitative estimate of drug-likeness (QED) is 0.444. The van der Waals surface area contributed by atoms with Crippen molar-refractivity contribution in [3.8, 4) is 0 Å². The van der Waals surface area contributed by atoms with E-state index in [-0.39, 0.29) is 17.8 Å². The summed E-state index contributed by atoms with van der Waals surface area (Å²) >= 11 is 5.93. The number of nitrogens with one attached hydrogen (secondary N) is 1. The molecule has 0 saturated carbocycles. The molecule has 0 bridgehead atoms. The molecule has 1 amide bonds. The summed E-state index contributed by atoms with van der Waals surface area (Å²) in [7, 11) is 2.03. The number of benzene rings is 2. The number of carbonyl (C=O) groups is 2. The minimum Gasteiger partial charge on any atom is -0.380 e. The number of halogens is 1. The normalized spacial score (nSPS) is 17.0. The molecule has 194 valence electrons. The van der Waals surface area contributed by atoms with E-state index in [4.69, 9.17) is 16.3 Å². The molecule has 0 radical (unpaired) electrons. The molecule has 0 aliphatic carbocycles. The predicted molar refractivity (Wildman–Crippen MR) is 148 cm³/mol. The summed E-state index contributed by atoms with van der Waals surface area (Å²) in [5.41, 5.74) is 2.28. The number of amides is 1. The third-order valence-corrected chi connectivity index (χ3v) is 7.18. The van der Waals surface area contributed by atoms with Crippen LogP contribution in [0.1, 0.15) is 71.7 Å². The minimum atomic E-state index is -0.0777. The van der Waals surface area contributed by atoms with E-state index in [0.29, 0.717) is 35.0 Å².